The smallest absolute Gasteiger partial charge is 0.326 e. The number of nitrogens with zero attached hydrogens (tertiary/aromatic N) is 1. The van der Waals surface area contributed by atoms with E-state index in [2.05, 4.69) is 26.3 Å². The molecule has 4 unspecified atom stereocenters. The zero-order chi connectivity index (χ0) is 28.8. The zero-order valence-corrected chi connectivity index (χ0v) is 21.6. The quantitative estimate of drug-likeness (QED) is 0.0672. The van der Waals surface area contributed by atoms with E-state index < -0.39 is 60.2 Å². The van der Waals surface area contributed by atoms with Crippen LogP contribution in [0.1, 0.15) is 44.1 Å². The summed E-state index contributed by atoms with van der Waals surface area (Å²) in [6.45, 7) is 0.802. The molecule has 10 N–H and O–H groups in total. The summed E-state index contributed by atoms with van der Waals surface area (Å²) in [7, 11) is 0. The number of carbonyl (C=O) groups is 5. The highest BCUT2D eigenvalue weighted by atomic mass is 16.4. The summed E-state index contributed by atoms with van der Waals surface area (Å²) in [6.07, 6.45) is 1.11. The Bertz CT molecular complexity index is 1020. The van der Waals surface area contributed by atoms with Gasteiger partial charge in [0.2, 0.25) is 17.7 Å². The third kappa shape index (κ3) is 11.4. The monoisotopic (exact) mass is 547 g/mol. The number of nitrogens with two attached hydrogens (primary N) is 2. The number of carbonyl (C=O) groups excluding carboxylic acids is 3. The van der Waals surface area contributed by atoms with Crippen molar-refractivity contribution in [2.24, 2.45) is 16.5 Å². The van der Waals surface area contributed by atoms with Gasteiger partial charge in [-0.3, -0.25) is 24.2 Å². The first-order valence-electron chi connectivity index (χ1n) is 12.7. The summed E-state index contributed by atoms with van der Waals surface area (Å²) in [5, 5.41) is 29.4. The first kappa shape index (κ1) is 31.0. The van der Waals surface area contributed by atoms with Gasteiger partial charge >= 0.3 is 11.9 Å². The van der Waals surface area contributed by atoms with Crippen molar-refractivity contribution < 1.29 is 34.2 Å². The fourth-order valence-corrected chi connectivity index (χ4v) is 4.08. The predicted octanol–water partition coefficient (Wildman–Crippen LogP) is -1.56. The van der Waals surface area contributed by atoms with Gasteiger partial charge in [0.15, 0.2) is 5.96 Å². The maximum absolute atomic E-state index is 13.2. The average molecular weight is 548 g/mol. The van der Waals surface area contributed by atoms with Crippen LogP contribution in [0.15, 0.2) is 35.3 Å². The van der Waals surface area contributed by atoms with Gasteiger partial charge in [0.05, 0.1) is 6.04 Å². The molecule has 1 heterocycles. The first-order valence-corrected chi connectivity index (χ1v) is 12.7. The highest BCUT2D eigenvalue weighted by molar-refractivity contribution is 5.94. The molecule has 0 aliphatic carbocycles. The number of hydrogen-bond acceptors (Lipinski definition) is 7. The molecular formula is C25H37N7O7. The maximum Gasteiger partial charge on any atom is 0.326 e. The largest absolute Gasteiger partial charge is 0.481 e. The number of guanidine groups is 1. The molecule has 1 saturated heterocycles. The van der Waals surface area contributed by atoms with Crippen LogP contribution in [0.2, 0.25) is 0 Å². The van der Waals surface area contributed by atoms with Gasteiger partial charge in [0, 0.05) is 19.4 Å². The van der Waals surface area contributed by atoms with Crippen LogP contribution in [0.4, 0.5) is 0 Å². The molecular weight excluding hydrogens is 510 g/mol. The fourth-order valence-electron chi connectivity index (χ4n) is 4.08. The molecule has 14 heteroatoms. The molecule has 2 rings (SSSR count). The van der Waals surface area contributed by atoms with Crippen LogP contribution in [-0.2, 0) is 30.4 Å². The van der Waals surface area contributed by atoms with Gasteiger partial charge in [0.25, 0.3) is 0 Å². The predicted molar refractivity (Wildman–Crippen MR) is 141 cm³/mol. The molecule has 214 valence electrons. The number of benzene rings is 1. The summed E-state index contributed by atoms with van der Waals surface area (Å²) >= 11 is 0. The maximum atomic E-state index is 13.2. The summed E-state index contributed by atoms with van der Waals surface area (Å²) in [6, 6.07) is 4.54. The van der Waals surface area contributed by atoms with Crippen LogP contribution in [0.25, 0.3) is 0 Å². The Labute approximate surface area is 226 Å². The van der Waals surface area contributed by atoms with E-state index in [0.717, 1.165) is 6.42 Å². The standard InChI is InChI=1S/C25H37N7O7/c26-25(27)29-13-5-9-17(22(36)32-19(24(38)39)14-15-6-2-1-3-7-15)30-23(37)18(10-11-20(33)34)31-21(35)16-8-4-12-28-16/h1-3,6-7,16-19,28H,4-5,8-14H2,(H,30,37)(H,31,35)(H,32,36)(H,33,34)(H,38,39)(H4,26,27,29). The lowest BCUT2D eigenvalue weighted by atomic mass is 10.0. The molecule has 39 heavy (non-hydrogen) atoms. The number of rotatable bonds is 16. The summed E-state index contributed by atoms with van der Waals surface area (Å²) < 4.78 is 0. The number of aliphatic carboxylic acids is 2. The molecule has 3 amide bonds. The molecule has 0 aromatic heterocycles. The second-order valence-corrected chi connectivity index (χ2v) is 9.24. The zero-order valence-electron chi connectivity index (χ0n) is 21.6. The van der Waals surface area contributed by atoms with Gasteiger partial charge in [-0.15, -0.1) is 0 Å². The third-order valence-electron chi connectivity index (χ3n) is 6.13. The molecule has 0 bridgehead atoms. The molecule has 1 aromatic carbocycles. The Morgan fingerprint density at radius 3 is 2.15 bits per heavy atom. The molecule has 14 nitrogen and oxygen atoms in total. The van der Waals surface area contributed by atoms with Crippen LogP contribution in [0.5, 0.6) is 0 Å². The minimum Gasteiger partial charge on any atom is -0.481 e. The van der Waals surface area contributed by atoms with Crippen LogP contribution in [-0.4, -0.2) is 83.1 Å². The highest BCUT2D eigenvalue weighted by Gasteiger charge is 2.31. The van der Waals surface area contributed by atoms with Crippen molar-refractivity contribution in [2.45, 2.75) is 69.1 Å². The number of aliphatic imine (C=N–C) groups is 1. The Morgan fingerprint density at radius 2 is 1.59 bits per heavy atom. The number of hydrogen-bond donors (Lipinski definition) is 8. The molecule has 1 fully saturated rings. The van der Waals surface area contributed by atoms with Crippen molar-refractivity contribution in [1.29, 1.82) is 0 Å². The van der Waals surface area contributed by atoms with Crippen molar-refractivity contribution in [3.8, 4) is 0 Å². The van der Waals surface area contributed by atoms with Crippen molar-refractivity contribution >= 4 is 35.6 Å². The van der Waals surface area contributed by atoms with Crippen LogP contribution in [0.3, 0.4) is 0 Å². The van der Waals surface area contributed by atoms with Gasteiger partial charge in [0.1, 0.15) is 18.1 Å². The fraction of sp³-hybridized carbons (Fsp3) is 0.520. The normalized spacial score (nSPS) is 16.8. The van der Waals surface area contributed by atoms with E-state index >= 15 is 0 Å². The van der Waals surface area contributed by atoms with Crippen molar-refractivity contribution in [3.63, 3.8) is 0 Å². The molecule has 4 atom stereocenters. The molecule has 0 saturated carbocycles. The van der Waals surface area contributed by atoms with E-state index in [1.165, 1.54) is 0 Å². The molecule has 0 spiro atoms. The molecule has 1 aliphatic rings. The Balaban J connectivity index is 2.16. The molecule has 1 aliphatic heterocycles. The Morgan fingerprint density at radius 1 is 0.949 bits per heavy atom. The topological polar surface area (TPSA) is 238 Å². The van der Waals surface area contributed by atoms with Gasteiger partial charge in [-0.25, -0.2) is 4.79 Å². The van der Waals surface area contributed by atoms with Gasteiger partial charge in [-0.1, -0.05) is 30.3 Å². The summed E-state index contributed by atoms with van der Waals surface area (Å²) in [4.78, 5) is 65.8. The summed E-state index contributed by atoms with van der Waals surface area (Å²) in [5.74, 6) is -4.52. The van der Waals surface area contributed by atoms with Crippen LogP contribution < -0.4 is 32.7 Å². The van der Waals surface area contributed by atoms with Gasteiger partial charge in [-0.05, 0) is 44.2 Å². The van der Waals surface area contributed by atoms with E-state index in [0.29, 0.717) is 18.5 Å². The highest BCUT2D eigenvalue weighted by Crippen LogP contribution is 2.09. The third-order valence-corrected chi connectivity index (χ3v) is 6.13. The number of amides is 3. The van der Waals surface area contributed by atoms with Crippen LogP contribution >= 0.6 is 0 Å². The second kappa shape index (κ2) is 15.9. The lowest BCUT2D eigenvalue weighted by Crippen LogP contribution is -2.57. The van der Waals surface area contributed by atoms with Crippen LogP contribution in [0, 0.1) is 0 Å². The molecule has 0 radical (unpaired) electrons. The number of carboxylic acid groups (broad SMARTS) is 2. The second-order valence-electron chi connectivity index (χ2n) is 9.24. The van der Waals surface area contributed by atoms with Crippen molar-refractivity contribution in [1.82, 2.24) is 21.3 Å². The lowest BCUT2D eigenvalue weighted by molar-refractivity contribution is -0.142. The SMILES string of the molecule is NC(N)=NCCCC(NC(=O)C(CCC(=O)O)NC(=O)C1CCCN1)C(=O)NC(Cc1ccccc1)C(=O)O. The Kier molecular flexibility index (Phi) is 12.7. The van der Waals surface area contributed by atoms with Gasteiger partial charge in [-0.2, -0.15) is 0 Å². The van der Waals surface area contributed by atoms with E-state index in [4.69, 9.17) is 16.6 Å². The van der Waals surface area contributed by atoms with E-state index in [-0.39, 0.29) is 38.2 Å². The lowest BCUT2D eigenvalue weighted by Gasteiger charge is -2.25. The number of nitrogens with one attached hydrogen (secondary N) is 4. The van der Waals surface area contributed by atoms with Gasteiger partial charge < -0.3 is 42.9 Å². The minimum absolute atomic E-state index is 0.0161. The Hall–Kier alpha value is -4.20. The van der Waals surface area contributed by atoms with E-state index in [9.17, 15) is 29.1 Å². The number of carboxylic acids is 2. The van der Waals surface area contributed by atoms with E-state index in [1.54, 1.807) is 30.3 Å². The van der Waals surface area contributed by atoms with Crippen molar-refractivity contribution in [3.05, 3.63) is 35.9 Å². The first-order chi connectivity index (χ1) is 18.6. The van der Waals surface area contributed by atoms with E-state index in [1.807, 2.05) is 0 Å². The molecule has 1 aromatic rings. The van der Waals surface area contributed by atoms with Crippen molar-refractivity contribution in [2.75, 3.05) is 13.1 Å². The summed E-state index contributed by atoms with van der Waals surface area (Å²) in [5.41, 5.74) is 11.4. The minimum atomic E-state index is -1.27. The average Bonchev–Trinajstić information content (AvgIpc) is 3.43.